The minimum absolute atomic E-state index is 0.157. The van der Waals surface area contributed by atoms with Crippen LogP contribution in [0.3, 0.4) is 0 Å². The van der Waals surface area contributed by atoms with Crippen molar-refractivity contribution in [2.45, 2.75) is 27.2 Å². The van der Waals surface area contributed by atoms with E-state index in [4.69, 9.17) is 25.8 Å². The Balaban J connectivity index is 2.29. The molecule has 0 aliphatic carbocycles. The molecule has 2 N–H and O–H groups in total. The number of halogens is 1. The summed E-state index contributed by atoms with van der Waals surface area (Å²) in [6, 6.07) is 3.35. The molecule has 1 aromatic heterocycles. The number of esters is 1. The summed E-state index contributed by atoms with van der Waals surface area (Å²) in [5, 5.41) is 5.78. The maximum absolute atomic E-state index is 12.6. The van der Waals surface area contributed by atoms with E-state index in [1.54, 1.807) is 32.1 Å². The first-order valence-electron chi connectivity index (χ1n) is 10.3. The zero-order valence-corrected chi connectivity index (χ0v) is 20.7. The molecule has 0 bridgehead atoms. The number of nitrogens with one attached hydrogen (secondary N) is 2. The van der Waals surface area contributed by atoms with Crippen molar-refractivity contribution >= 4 is 51.8 Å². The van der Waals surface area contributed by atoms with E-state index in [1.807, 2.05) is 6.92 Å². The van der Waals surface area contributed by atoms with E-state index in [-0.39, 0.29) is 23.1 Å². The maximum Gasteiger partial charge on any atom is 0.341 e. The minimum Gasteiger partial charge on any atom is -0.493 e. The molecule has 8 nitrogen and oxygen atoms in total. The fourth-order valence-electron chi connectivity index (χ4n) is 2.89. The van der Waals surface area contributed by atoms with Crippen LogP contribution in [-0.2, 0) is 9.53 Å². The molecule has 2 rings (SSSR count). The van der Waals surface area contributed by atoms with E-state index >= 15 is 0 Å². The van der Waals surface area contributed by atoms with Crippen molar-refractivity contribution in [3.05, 3.63) is 44.8 Å². The number of methoxy groups -OCH3 is 1. The van der Waals surface area contributed by atoms with Gasteiger partial charge in [0, 0.05) is 13.1 Å². The number of amides is 2. The SMILES string of the molecule is CCCOc1c(Cl)cc(/C=C/C(=O)Nc2sc(C(=O)NC)c(C)c2C(=O)OCC)cc1OC. The highest BCUT2D eigenvalue weighted by Gasteiger charge is 2.26. The molecule has 10 heteroatoms. The Morgan fingerprint density at radius 1 is 1.21 bits per heavy atom. The number of carbonyl (C=O) groups is 3. The summed E-state index contributed by atoms with van der Waals surface area (Å²) in [7, 11) is 3.00. The van der Waals surface area contributed by atoms with Crippen LogP contribution in [0.1, 0.15) is 51.4 Å². The molecule has 0 aliphatic heterocycles. The first-order chi connectivity index (χ1) is 15.8. The van der Waals surface area contributed by atoms with E-state index in [9.17, 15) is 14.4 Å². The summed E-state index contributed by atoms with van der Waals surface area (Å²) in [5.41, 5.74) is 1.22. The van der Waals surface area contributed by atoms with Gasteiger partial charge in [-0.2, -0.15) is 0 Å². The van der Waals surface area contributed by atoms with E-state index in [0.717, 1.165) is 17.8 Å². The number of anilines is 1. The highest BCUT2D eigenvalue weighted by Crippen LogP contribution is 2.37. The molecule has 2 amide bonds. The third-order valence-electron chi connectivity index (χ3n) is 4.43. The Bertz CT molecular complexity index is 1060. The number of thiophene rings is 1. The van der Waals surface area contributed by atoms with Crippen LogP contribution in [0, 0.1) is 6.92 Å². The predicted molar refractivity (Wildman–Crippen MR) is 130 cm³/mol. The maximum atomic E-state index is 12.6. The standard InChI is InChI=1S/C23H27ClN2O6S/c1-6-10-32-19-15(24)11-14(12-16(19)30-5)8-9-17(27)26-22-18(23(29)31-7-2)13(3)20(33-22)21(28)25-4/h8-9,11-12H,6-7,10H2,1-5H3,(H,25,28)(H,26,27)/b9-8+. The Morgan fingerprint density at radius 3 is 2.55 bits per heavy atom. The first-order valence-corrected chi connectivity index (χ1v) is 11.5. The molecule has 0 atom stereocenters. The molecule has 178 valence electrons. The fourth-order valence-corrected chi connectivity index (χ4v) is 4.30. The van der Waals surface area contributed by atoms with Crippen LogP contribution in [0.25, 0.3) is 6.08 Å². The normalized spacial score (nSPS) is 10.7. The minimum atomic E-state index is -0.611. The molecule has 0 fully saturated rings. The van der Waals surface area contributed by atoms with Crippen molar-refractivity contribution in [2.24, 2.45) is 0 Å². The average Bonchev–Trinajstić information content (AvgIpc) is 3.11. The zero-order valence-electron chi connectivity index (χ0n) is 19.2. The number of hydrogen-bond acceptors (Lipinski definition) is 7. The lowest BCUT2D eigenvalue weighted by Gasteiger charge is -2.12. The number of benzene rings is 1. The van der Waals surface area contributed by atoms with Gasteiger partial charge in [-0.05, 0) is 49.6 Å². The molecule has 0 spiro atoms. The number of rotatable bonds is 10. The Kier molecular flexibility index (Phi) is 9.74. The molecule has 0 unspecified atom stereocenters. The lowest BCUT2D eigenvalue weighted by atomic mass is 10.1. The van der Waals surface area contributed by atoms with Crippen LogP contribution in [0.5, 0.6) is 11.5 Å². The van der Waals surface area contributed by atoms with Gasteiger partial charge in [0.2, 0.25) is 5.91 Å². The predicted octanol–water partition coefficient (Wildman–Crippen LogP) is 4.70. The lowest BCUT2D eigenvalue weighted by molar-refractivity contribution is -0.111. The van der Waals surface area contributed by atoms with E-state index < -0.39 is 11.9 Å². The van der Waals surface area contributed by atoms with Crippen molar-refractivity contribution in [2.75, 3.05) is 32.7 Å². The molecule has 0 aliphatic rings. The second-order valence-electron chi connectivity index (χ2n) is 6.77. The highest BCUT2D eigenvalue weighted by atomic mass is 35.5. The lowest BCUT2D eigenvalue weighted by Crippen LogP contribution is -2.17. The van der Waals surface area contributed by atoms with E-state index in [2.05, 4.69) is 10.6 Å². The van der Waals surface area contributed by atoms with Gasteiger partial charge in [0.05, 0.1) is 35.8 Å². The average molecular weight is 495 g/mol. The Morgan fingerprint density at radius 2 is 1.94 bits per heavy atom. The van der Waals surface area contributed by atoms with E-state index in [0.29, 0.717) is 39.1 Å². The Hall–Kier alpha value is -3.04. The van der Waals surface area contributed by atoms with Crippen molar-refractivity contribution in [3.63, 3.8) is 0 Å². The van der Waals surface area contributed by atoms with Gasteiger partial charge in [0.15, 0.2) is 11.5 Å². The summed E-state index contributed by atoms with van der Waals surface area (Å²) in [5.74, 6) is -0.570. The first kappa shape index (κ1) is 26.2. The fraction of sp³-hybridized carbons (Fsp3) is 0.348. The van der Waals surface area contributed by atoms with Crippen molar-refractivity contribution in [3.8, 4) is 11.5 Å². The summed E-state index contributed by atoms with van der Waals surface area (Å²) in [6.07, 6.45) is 3.66. The van der Waals surface area contributed by atoms with Gasteiger partial charge in [0.25, 0.3) is 5.91 Å². The molecule has 0 radical (unpaired) electrons. The highest BCUT2D eigenvalue weighted by molar-refractivity contribution is 7.18. The second kappa shape index (κ2) is 12.3. The molecule has 0 saturated carbocycles. The van der Waals surface area contributed by atoms with Gasteiger partial charge in [-0.25, -0.2) is 4.79 Å². The third kappa shape index (κ3) is 6.49. The van der Waals surface area contributed by atoms with Crippen molar-refractivity contribution in [1.82, 2.24) is 5.32 Å². The third-order valence-corrected chi connectivity index (χ3v) is 5.91. The largest absolute Gasteiger partial charge is 0.493 e. The monoisotopic (exact) mass is 494 g/mol. The summed E-state index contributed by atoms with van der Waals surface area (Å²) in [4.78, 5) is 37.5. The van der Waals surface area contributed by atoms with Crippen molar-refractivity contribution < 1.29 is 28.6 Å². The van der Waals surface area contributed by atoms with Gasteiger partial charge in [-0.1, -0.05) is 18.5 Å². The summed E-state index contributed by atoms with van der Waals surface area (Å²) in [6.45, 7) is 5.95. The summed E-state index contributed by atoms with van der Waals surface area (Å²) >= 11 is 7.32. The van der Waals surface area contributed by atoms with Gasteiger partial charge < -0.3 is 24.8 Å². The van der Waals surface area contributed by atoms with Crippen LogP contribution < -0.4 is 20.1 Å². The van der Waals surface area contributed by atoms with Crippen LogP contribution in [0.15, 0.2) is 18.2 Å². The molecule has 1 aromatic carbocycles. The summed E-state index contributed by atoms with van der Waals surface area (Å²) < 4.78 is 16.1. The topological polar surface area (TPSA) is 103 Å². The van der Waals surface area contributed by atoms with Crippen LogP contribution >= 0.6 is 22.9 Å². The molecule has 33 heavy (non-hydrogen) atoms. The molecule has 1 heterocycles. The molecular formula is C23H27ClN2O6S. The van der Waals surface area contributed by atoms with Gasteiger partial charge >= 0.3 is 5.97 Å². The van der Waals surface area contributed by atoms with Crippen molar-refractivity contribution in [1.29, 1.82) is 0 Å². The molecule has 0 saturated heterocycles. The smallest absolute Gasteiger partial charge is 0.341 e. The number of ether oxygens (including phenoxy) is 3. The molecule has 2 aromatic rings. The van der Waals surface area contributed by atoms with Crippen LogP contribution in [-0.4, -0.2) is 45.2 Å². The van der Waals surface area contributed by atoms with Gasteiger partial charge in [0.1, 0.15) is 5.00 Å². The van der Waals surface area contributed by atoms with Crippen LogP contribution in [0.2, 0.25) is 5.02 Å². The van der Waals surface area contributed by atoms with E-state index in [1.165, 1.54) is 20.2 Å². The number of hydrogen-bond donors (Lipinski definition) is 2. The molecular weight excluding hydrogens is 468 g/mol. The quantitative estimate of drug-likeness (QED) is 0.366. The van der Waals surface area contributed by atoms with Gasteiger partial charge in [-0.3, -0.25) is 9.59 Å². The van der Waals surface area contributed by atoms with Crippen LogP contribution in [0.4, 0.5) is 5.00 Å². The zero-order chi connectivity index (χ0) is 24.5. The second-order valence-corrected chi connectivity index (χ2v) is 8.19. The van der Waals surface area contributed by atoms with Gasteiger partial charge in [-0.15, -0.1) is 11.3 Å². The Labute approximate surface area is 201 Å². The number of carbonyl (C=O) groups excluding carboxylic acids is 3.